The predicted octanol–water partition coefficient (Wildman–Crippen LogP) is 1.40. The fourth-order valence-electron chi connectivity index (χ4n) is 1.54. The monoisotopic (exact) mass is 252 g/mol. The highest BCUT2D eigenvalue weighted by molar-refractivity contribution is 5.98. The number of hydrogen-bond donors (Lipinski definition) is 0. The highest BCUT2D eigenvalue weighted by Crippen LogP contribution is 2.18. The molecule has 0 spiro atoms. The maximum absolute atomic E-state index is 11.4. The van der Waals surface area contributed by atoms with E-state index in [2.05, 4.69) is 9.47 Å². The summed E-state index contributed by atoms with van der Waals surface area (Å²) in [5.74, 6) is -1.16. The minimum Gasteiger partial charge on any atom is -0.467 e. The highest BCUT2D eigenvalue weighted by atomic mass is 16.6. The van der Waals surface area contributed by atoms with Crippen molar-refractivity contribution >= 4 is 11.9 Å². The van der Waals surface area contributed by atoms with Gasteiger partial charge in [-0.25, -0.2) is 9.59 Å². The van der Waals surface area contributed by atoms with Crippen LogP contribution in [0.1, 0.15) is 11.1 Å². The molecule has 0 aliphatic heterocycles. The van der Waals surface area contributed by atoms with Crippen LogP contribution in [0, 0.1) is 13.8 Å². The molecular weight excluding hydrogens is 236 g/mol. The molecule has 0 N–H and O–H groups in total. The molecule has 0 fully saturated rings. The number of benzene rings is 1. The van der Waals surface area contributed by atoms with Crippen molar-refractivity contribution in [3.8, 4) is 5.75 Å². The van der Waals surface area contributed by atoms with Gasteiger partial charge in [-0.2, -0.15) is 0 Å². The van der Waals surface area contributed by atoms with E-state index in [-0.39, 0.29) is 0 Å². The summed E-state index contributed by atoms with van der Waals surface area (Å²) in [6, 6.07) is 5.41. The summed E-state index contributed by atoms with van der Waals surface area (Å²) in [7, 11) is 2.37. The predicted molar refractivity (Wildman–Crippen MR) is 64.4 cm³/mol. The van der Waals surface area contributed by atoms with E-state index < -0.39 is 18.0 Å². The molecule has 0 aliphatic carbocycles. The Morgan fingerprint density at radius 1 is 0.944 bits per heavy atom. The van der Waals surface area contributed by atoms with Gasteiger partial charge in [-0.15, -0.1) is 0 Å². The molecule has 1 aromatic rings. The third-order valence-corrected chi connectivity index (χ3v) is 2.28. The first kappa shape index (κ1) is 14.0. The Morgan fingerprint density at radius 2 is 1.39 bits per heavy atom. The Labute approximate surface area is 106 Å². The second kappa shape index (κ2) is 6.05. The molecular formula is C13H16O5. The molecule has 0 saturated carbocycles. The van der Waals surface area contributed by atoms with E-state index in [0.717, 1.165) is 11.1 Å². The molecule has 1 rings (SSSR count). The molecule has 0 heterocycles. The van der Waals surface area contributed by atoms with Crippen LogP contribution in [0.15, 0.2) is 18.2 Å². The Bertz CT molecular complexity index is 416. The van der Waals surface area contributed by atoms with Gasteiger partial charge in [0.05, 0.1) is 14.2 Å². The number of ether oxygens (including phenoxy) is 3. The minimum atomic E-state index is -1.40. The smallest absolute Gasteiger partial charge is 0.359 e. The maximum Gasteiger partial charge on any atom is 0.359 e. The molecule has 0 radical (unpaired) electrons. The van der Waals surface area contributed by atoms with Gasteiger partial charge in [-0.3, -0.25) is 0 Å². The van der Waals surface area contributed by atoms with Gasteiger partial charge in [-0.1, -0.05) is 6.07 Å². The van der Waals surface area contributed by atoms with E-state index in [1.54, 1.807) is 12.1 Å². The summed E-state index contributed by atoms with van der Waals surface area (Å²) in [6.45, 7) is 3.79. The quantitative estimate of drug-likeness (QED) is 0.598. The summed E-state index contributed by atoms with van der Waals surface area (Å²) in [6.07, 6.45) is -1.40. The Morgan fingerprint density at radius 3 is 1.78 bits per heavy atom. The second-order valence-corrected chi connectivity index (χ2v) is 3.87. The lowest BCUT2D eigenvalue weighted by Crippen LogP contribution is -2.37. The third kappa shape index (κ3) is 3.48. The summed E-state index contributed by atoms with van der Waals surface area (Å²) >= 11 is 0. The van der Waals surface area contributed by atoms with Gasteiger partial charge in [0.25, 0.3) is 6.10 Å². The first-order valence-corrected chi connectivity index (χ1v) is 5.38. The Kier molecular flexibility index (Phi) is 4.71. The van der Waals surface area contributed by atoms with Crippen LogP contribution in [0.5, 0.6) is 5.75 Å². The highest BCUT2D eigenvalue weighted by Gasteiger charge is 2.31. The van der Waals surface area contributed by atoms with Gasteiger partial charge in [0, 0.05) is 0 Å². The van der Waals surface area contributed by atoms with E-state index in [1.807, 2.05) is 19.9 Å². The fourth-order valence-corrected chi connectivity index (χ4v) is 1.54. The van der Waals surface area contributed by atoms with Crippen LogP contribution in [0.25, 0.3) is 0 Å². The van der Waals surface area contributed by atoms with Crippen molar-refractivity contribution in [1.29, 1.82) is 0 Å². The molecule has 0 aromatic heterocycles. The van der Waals surface area contributed by atoms with Crippen LogP contribution >= 0.6 is 0 Å². The molecule has 0 bridgehead atoms. The normalized spacial score (nSPS) is 10.1. The van der Waals surface area contributed by atoms with Gasteiger partial charge in [0.2, 0.25) is 0 Å². The molecule has 0 amide bonds. The number of esters is 2. The first-order chi connectivity index (χ1) is 8.47. The van der Waals surface area contributed by atoms with Crippen molar-refractivity contribution in [2.75, 3.05) is 14.2 Å². The molecule has 18 heavy (non-hydrogen) atoms. The molecule has 5 heteroatoms. The van der Waals surface area contributed by atoms with Gasteiger partial charge in [-0.05, 0) is 37.1 Å². The molecule has 98 valence electrons. The molecule has 1 aromatic carbocycles. The lowest BCUT2D eigenvalue weighted by Gasteiger charge is -2.15. The largest absolute Gasteiger partial charge is 0.467 e. The second-order valence-electron chi connectivity index (χ2n) is 3.87. The number of carbonyl (C=O) groups is 2. The lowest BCUT2D eigenvalue weighted by atomic mass is 10.1. The number of aryl methyl sites for hydroxylation is 2. The fraction of sp³-hybridized carbons (Fsp3) is 0.385. The molecule has 0 saturated heterocycles. The van der Waals surface area contributed by atoms with Crippen molar-refractivity contribution in [3.05, 3.63) is 29.3 Å². The minimum absolute atomic E-state index is 0.424. The standard InChI is InChI=1S/C13H16O5/c1-8-5-9(2)7-10(6-8)18-11(12(14)16-3)13(15)17-4/h5-7,11H,1-4H3. The molecule has 0 aliphatic rings. The summed E-state index contributed by atoms with van der Waals surface area (Å²) in [5, 5.41) is 0. The van der Waals surface area contributed by atoms with E-state index in [4.69, 9.17) is 4.74 Å². The summed E-state index contributed by atoms with van der Waals surface area (Å²) < 4.78 is 14.3. The van der Waals surface area contributed by atoms with Crippen LogP contribution in [0.2, 0.25) is 0 Å². The van der Waals surface area contributed by atoms with Crippen LogP contribution in [-0.2, 0) is 19.1 Å². The van der Waals surface area contributed by atoms with Crippen molar-refractivity contribution in [2.45, 2.75) is 20.0 Å². The number of rotatable bonds is 4. The maximum atomic E-state index is 11.4. The zero-order chi connectivity index (χ0) is 13.7. The van der Waals surface area contributed by atoms with Crippen molar-refractivity contribution in [1.82, 2.24) is 0 Å². The zero-order valence-corrected chi connectivity index (χ0v) is 10.9. The SMILES string of the molecule is COC(=O)C(Oc1cc(C)cc(C)c1)C(=O)OC. The number of carbonyl (C=O) groups excluding carboxylic acids is 2. The lowest BCUT2D eigenvalue weighted by molar-refractivity contribution is -0.163. The van der Waals surface area contributed by atoms with Crippen LogP contribution in [0.3, 0.4) is 0 Å². The van der Waals surface area contributed by atoms with Crippen molar-refractivity contribution < 1.29 is 23.8 Å². The topological polar surface area (TPSA) is 61.8 Å². The Hall–Kier alpha value is -2.04. The Balaban J connectivity index is 2.95. The van der Waals surface area contributed by atoms with Gasteiger partial charge < -0.3 is 14.2 Å². The third-order valence-electron chi connectivity index (χ3n) is 2.28. The van der Waals surface area contributed by atoms with Gasteiger partial charge in [0.15, 0.2) is 0 Å². The van der Waals surface area contributed by atoms with Crippen LogP contribution in [-0.4, -0.2) is 32.3 Å². The van der Waals surface area contributed by atoms with E-state index in [0.29, 0.717) is 5.75 Å². The average Bonchev–Trinajstić information content (AvgIpc) is 2.33. The molecule has 5 nitrogen and oxygen atoms in total. The van der Waals surface area contributed by atoms with Gasteiger partial charge in [0.1, 0.15) is 5.75 Å². The first-order valence-electron chi connectivity index (χ1n) is 5.38. The van der Waals surface area contributed by atoms with Gasteiger partial charge >= 0.3 is 11.9 Å². The van der Waals surface area contributed by atoms with Crippen molar-refractivity contribution in [2.24, 2.45) is 0 Å². The van der Waals surface area contributed by atoms with E-state index in [9.17, 15) is 9.59 Å². The average molecular weight is 252 g/mol. The zero-order valence-electron chi connectivity index (χ0n) is 10.9. The summed E-state index contributed by atoms with van der Waals surface area (Å²) in [5.41, 5.74) is 1.94. The van der Waals surface area contributed by atoms with Crippen LogP contribution < -0.4 is 4.74 Å². The number of hydrogen-bond acceptors (Lipinski definition) is 5. The van der Waals surface area contributed by atoms with Crippen molar-refractivity contribution in [3.63, 3.8) is 0 Å². The summed E-state index contributed by atoms with van der Waals surface area (Å²) in [4.78, 5) is 22.9. The van der Waals surface area contributed by atoms with E-state index >= 15 is 0 Å². The van der Waals surface area contributed by atoms with E-state index in [1.165, 1.54) is 14.2 Å². The molecule has 0 unspecified atom stereocenters. The van der Waals surface area contributed by atoms with Crippen LogP contribution in [0.4, 0.5) is 0 Å². The molecule has 0 atom stereocenters. The number of methoxy groups -OCH3 is 2.